The van der Waals surface area contributed by atoms with Gasteiger partial charge in [-0.3, -0.25) is 0 Å². The number of nitrogens with zero attached hydrogens (tertiary/aromatic N) is 2. The van der Waals surface area contributed by atoms with Crippen molar-refractivity contribution >= 4 is 43.6 Å². The molecule has 0 N–H and O–H groups in total. The average Bonchev–Trinajstić information content (AvgIpc) is 3.35. The maximum Gasteiger partial charge on any atom is 0.0562 e. The highest BCUT2D eigenvalue weighted by Gasteiger charge is 2.16. The molecular weight excluding hydrogens is 400 g/mol. The van der Waals surface area contributed by atoms with Gasteiger partial charge >= 0.3 is 0 Å². The highest BCUT2D eigenvalue weighted by Crippen LogP contribution is 2.38. The summed E-state index contributed by atoms with van der Waals surface area (Å²) in [7, 11) is 2.17. The van der Waals surface area contributed by atoms with Crippen molar-refractivity contribution in [2.75, 3.05) is 0 Å². The van der Waals surface area contributed by atoms with Crippen LogP contribution >= 0.6 is 0 Å². The van der Waals surface area contributed by atoms with Gasteiger partial charge in [0.05, 0.1) is 16.6 Å². The lowest BCUT2D eigenvalue weighted by molar-refractivity contribution is 1.01. The smallest absolute Gasteiger partial charge is 0.0562 e. The number of hydrogen-bond donors (Lipinski definition) is 0. The quantitative estimate of drug-likeness (QED) is 0.266. The maximum absolute atomic E-state index is 2.41. The van der Waals surface area contributed by atoms with E-state index in [0.717, 1.165) is 0 Å². The Bertz CT molecular complexity index is 1820. The molecule has 2 aromatic heterocycles. The van der Waals surface area contributed by atoms with Gasteiger partial charge in [0, 0.05) is 39.8 Å². The molecule has 2 heterocycles. The van der Waals surface area contributed by atoms with Gasteiger partial charge in [-0.2, -0.15) is 0 Å². The first kappa shape index (κ1) is 18.3. The summed E-state index contributed by atoms with van der Waals surface area (Å²) in [5.41, 5.74) is 8.63. The minimum atomic E-state index is 1.18. The maximum atomic E-state index is 2.41. The molecule has 7 aromatic rings. The van der Waals surface area contributed by atoms with Crippen molar-refractivity contribution in [3.05, 3.63) is 115 Å². The van der Waals surface area contributed by atoms with E-state index in [1.54, 1.807) is 0 Å². The molecule has 0 aliphatic carbocycles. The minimum Gasteiger partial charge on any atom is -0.344 e. The number of aryl methyl sites for hydroxylation is 1. The second-order valence-corrected chi connectivity index (χ2v) is 8.73. The molecule has 7 rings (SSSR count). The third-order valence-corrected chi connectivity index (χ3v) is 6.92. The first-order chi connectivity index (χ1) is 16.3. The van der Waals surface area contributed by atoms with Crippen LogP contribution in [-0.2, 0) is 7.05 Å². The third-order valence-electron chi connectivity index (χ3n) is 6.92. The standard InChI is InChI=1S/C31H22N2/c1-32-28-16-7-5-14-24(28)26-19-27-25-15-6-8-17-29(25)33(31(27)20-30(26)32)23-13-9-12-22(18-23)21-10-3-2-4-11-21/h2-20H,1H3. The molecule has 0 amide bonds. The molecule has 5 aromatic carbocycles. The Labute approximate surface area is 191 Å². The fourth-order valence-electron chi connectivity index (χ4n) is 5.35. The predicted molar refractivity (Wildman–Crippen MR) is 140 cm³/mol. The SMILES string of the molecule is Cn1c2ccccc2c2cc3c4ccccc4n(-c4cccc(-c5ccccc5)c4)c3cc21. The molecule has 0 aliphatic heterocycles. The Morgan fingerprint density at radius 3 is 1.88 bits per heavy atom. The van der Waals surface area contributed by atoms with E-state index in [2.05, 4.69) is 131 Å². The molecule has 156 valence electrons. The van der Waals surface area contributed by atoms with Gasteiger partial charge < -0.3 is 9.13 Å². The molecule has 2 heteroatoms. The van der Waals surface area contributed by atoms with Crippen LogP contribution in [0.1, 0.15) is 0 Å². The van der Waals surface area contributed by atoms with E-state index >= 15 is 0 Å². The van der Waals surface area contributed by atoms with Crippen LogP contribution < -0.4 is 0 Å². The first-order valence-corrected chi connectivity index (χ1v) is 11.4. The Morgan fingerprint density at radius 2 is 1.06 bits per heavy atom. The fourth-order valence-corrected chi connectivity index (χ4v) is 5.35. The lowest BCUT2D eigenvalue weighted by Gasteiger charge is -2.10. The van der Waals surface area contributed by atoms with Gasteiger partial charge in [0.1, 0.15) is 0 Å². The van der Waals surface area contributed by atoms with Crippen molar-refractivity contribution in [2.24, 2.45) is 7.05 Å². The van der Waals surface area contributed by atoms with E-state index in [1.807, 2.05) is 0 Å². The van der Waals surface area contributed by atoms with Crippen LogP contribution in [0.5, 0.6) is 0 Å². The van der Waals surface area contributed by atoms with Crippen LogP contribution in [0.2, 0.25) is 0 Å². The second kappa shape index (κ2) is 6.85. The summed E-state index contributed by atoms with van der Waals surface area (Å²) in [5.74, 6) is 0. The number of fused-ring (bicyclic) bond motifs is 6. The van der Waals surface area contributed by atoms with E-state index in [0.29, 0.717) is 0 Å². The monoisotopic (exact) mass is 422 g/mol. The van der Waals surface area contributed by atoms with Crippen molar-refractivity contribution in [2.45, 2.75) is 0 Å². The van der Waals surface area contributed by atoms with E-state index in [-0.39, 0.29) is 0 Å². The zero-order valence-corrected chi connectivity index (χ0v) is 18.4. The summed E-state index contributed by atoms with van der Waals surface area (Å²) < 4.78 is 4.72. The molecule has 0 atom stereocenters. The number of hydrogen-bond acceptors (Lipinski definition) is 0. The summed E-state index contributed by atoms with van der Waals surface area (Å²) >= 11 is 0. The summed E-state index contributed by atoms with van der Waals surface area (Å²) in [6.07, 6.45) is 0. The summed E-state index contributed by atoms with van der Waals surface area (Å²) in [6.45, 7) is 0. The number of benzene rings is 5. The van der Waals surface area contributed by atoms with Crippen LogP contribution in [0.25, 0.3) is 60.4 Å². The largest absolute Gasteiger partial charge is 0.344 e. The minimum absolute atomic E-state index is 1.18. The highest BCUT2D eigenvalue weighted by atomic mass is 15.0. The van der Waals surface area contributed by atoms with Gasteiger partial charge in [0.15, 0.2) is 0 Å². The van der Waals surface area contributed by atoms with Crippen molar-refractivity contribution in [3.63, 3.8) is 0 Å². The van der Waals surface area contributed by atoms with Crippen LogP contribution in [0, 0.1) is 0 Å². The molecule has 0 spiro atoms. The van der Waals surface area contributed by atoms with Gasteiger partial charge in [0.2, 0.25) is 0 Å². The van der Waals surface area contributed by atoms with Gasteiger partial charge in [0.25, 0.3) is 0 Å². The molecule has 0 bridgehead atoms. The molecule has 0 fully saturated rings. The molecule has 0 saturated heterocycles. The van der Waals surface area contributed by atoms with E-state index < -0.39 is 0 Å². The lowest BCUT2D eigenvalue weighted by atomic mass is 10.1. The number of para-hydroxylation sites is 2. The highest BCUT2D eigenvalue weighted by molar-refractivity contribution is 6.18. The number of rotatable bonds is 2. The molecule has 33 heavy (non-hydrogen) atoms. The van der Waals surface area contributed by atoms with Gasteiger partial charge in [-0.1, -0.05) is 78.9 Å². The van der Waals surface area contributed by atoms with Crippen molar-refractivity contribution in [1.82, 2.24) is 9.13 Å². The molecule has 0 radical (unpaired) electrons. The van der Waals surface area contributed by atoms with Gasteiger partial charge in [-0.05, 0) is 47.5 Å². The third kappa shape index (κ3) is 2.61. The van der Waals surface area contributed by atoms with E-state index in [4.69, 9.17) is 0 Å². The van der Waals surface area contributed by atoms with Gasteiger partial charge in [-0.15, -0.1) is 0 Å². The molecule has 0 unspecified atom stereocenters. The second-order valence-electron chi connectivity index (χ2n) is 8.73. The topological polar surface area (TPSA) is 9.86 Å². The predicted octanol–water partition coefficient (Wildman–Crippen LogP) is 8.10. The zero-order chi connectivity index (χ0) is 21.9. The summed E-state index contributed by atoms with van der Waals surface area (Å²) in [6, 6.07) is 41.6. The zero-order valence-electron chi connectivity index (χ0n) is 18.4. The van der Waals surface area contributed by atoms with Crippen LogP contribution in [0.4, 0.5) is 0 Å². The fraction of sp³-hybridized carbons (Fsp3) is 0.0323. The van der Waals surface area contributed by atoms with Crippen LogP contribution in [-0.4, -0.2) is 9.13 Å². The molecule has 2 nitrogen and oxygen atoms in total. The molecular formula is C31H22N2. The lowest BCUT2D eigenvalue weighted by Crippen LogP contribution is -1.95. The molecule has 0 aliphatic rings. The average molecular weight is 423 g/mol. The number of aromatic nitrogens is 2. The van der Waals surface area contributed by atoms with Crippen LogP contribution in [0.15, 0.2) is 115 Å². The molecule has 0 saturated carbocycles. The van der Waals surface area contributed by atoms with Crippen molar-refractivity contribution in [1.29, 1.82) is 0 Å². The van der Waals surface area contributed by atoms with Crippen molar-refractivity contribution < 1.29 is 0 Å². The van der Waals surface area contributed by atoms with Crippen molar-refractivity contribution in [3.8, 4) is 16.8 Å². The normalized spacial score (nSPS) is 11.8. The van der Waals surface area contributed by atoms with E-state index in [9.17, 15) is 0 Å². The Hall–Kier alpha value is -4.30. The Kier molecular flexibility index (Phi) is 3.80. The first-order valence-electron chi connectivity index (χ1n) is 11.4. The summed E-state index contributed by atoms with van der Waals surface area (Å²) in [5, 5.41) is 5.19. The van der Waals surface area contributed by atoms with Gasteiger partial charge in [-0.25, -0.2) is 0 Å². The van der Waals surface area contributed by atoms with Crippen LogP contribution in [0.3, 0.4) is 0 Å². The van der Waals surface area contributed by atoms with E-state index in [1.165, 1.54) is 60.4 Å². The Balaban J connectivity index is 1.59. The summed E-state index contributed by atoms with van der Waals surface area (Å²) in [4.78, 5) is 0. The Morgan fingerprint density at radius 1 is 0.424 bits per heavy atom.